The maximum atomic E-state index is 12.2. The molecule has 2 aliphatic heterocycles. The fourth-order valence-electron chi connectivity index (χ4n) is 2.82. The van der Waals surface area contributed by atoms with Crippen LogP contribution in [-0.4, -0.2) is 37.0 Å². The molecule has 0 unspecified atom stereocenters. The van der Waals surface area contributed by atoms with Gasteiger partial charge in [0.1, 0.15) is 0 Å². The van der Waals surface area contributed by atoms with Crippen LogP contribution in [0.1, 0.15) is 46.0 Å². The van der Waals surface area contributed by atoms with Gasteiger partial charge in [0, 0.05) is 19.5 Å². The molecule has 0 atom stereocenters. The van der Waals surface area contributed by atoms with E-state index in [1.807, 2.05) is 0 Å². The van der Waals surface area contributed by atoms with Crippen LogP contribution in [0.15, 0.2) is 0 Å². The summed E-state index contributed by atoms with van der Waals surface area (Å²) in [6, 6.07) is 0. The zero-order valence-electron chi connectivity index (χ0n) is 11.3. The van der Waals surface area contributed by atoms with Crippen LogP contribution >= 0.6 is 0 Å². The van der Waals surface area contributed by atoms with Gasteiger partial charge in [0.15, 0.2) is 0 Å². The molecular weight excluding hydrogens is 212 g/mol. The molecule has 0 aromatic heterocycles. The molecule has 3 nitrogen and oxygen atoms in total. The molecular formula is C14H26N2O. The molecule has 0 bridgehead atoms. The molecule has 0 spiro atoms. The number of carbonyl (C=O) groups is 1. The van der Waals surface area contributed by atoms with Gasteiger partial charge in [0.25, 0.3) is 0 Å². The number of nitrogens with zero attached hydrogens (tertiary/aromatic N) is 1. The Morgan fingerprint density at radius 1 is 1.24 bits per heavy atom. The van der Waals surface area contributed by atoms with Crippen molar-refractivity contribution in [1.29, 1.82) is 0 Å². The first-order chi connectivity index (χ1) is 8.07. The van der Waals surface area contributed by atoms with Crippen molar-refractivity contribution in [3.8, 4) is 0 Å². The highest BCUT2D eigenvalue weighted by molar-refractivity contribution is 5.76. The summed E-state index contributed by atoms with van der Waals surface area (Å²) in [5, 5.41) is 3.35. The minimum absolute atomic E-state index is 0.396. The molecule has 17 heavy (non-hydrogen) atoms. The van der Waals surface area contributed by atoms with E-state index in [1.54, 1.807) is 0 Å². The van der Waals surface area contributed by atoms with Crippen LogP contribution in [0.5, 0.6) is 0 Å². The Labute approximate surface area is 105 Å². The average molecular weight is 238 g/mol. The number of amides is 1. The lowest BCUT2D eigenvalue weighted by Gasteiger charge is -2.37. The number of hydrogen-bond acceptors (Lipinski definition) is 2. The van der Waals surface area contributed by atoms with Crippen molar-refractivity contribution >= 4 is 5.91 Å². The summed E-state index contributed by atoms with van der Waals surface area (Å²) in [5.41, 5.74) is 0.436. The highest BCUT2D eigenvalue weighted by Gasteiger charge is 2.28. The number of likely N-dealkylation sites (tertiary alicyclic amines) is 1. The van der Waals surface area contributed by atoms with Crippen molar-refractivity contribution in [1.82, 2.24) is 10.2 Å². The third-order valence-corrected chi connectivity index (χ3v) is 4.39. The minimum Gasteiger partial charge on any atom is -0.343 e. The lowest BCUT2D eigenvalue weighted by Crippen LogP contribution is -2.42. The second-order valence-corrected chi connectivity index (χ2v) is 6.44. The highest BCUT2D eigenvalue weighted by Crippen LogP contribution is 2.30. The van der Waals surface area contributed by atoms with Crippen molar-refractivity contribution in [3.05, 3.63) is 0 Å². The number of piperidine rings is 2. The highest BCUT2D eigenvalue weighted by atomic mass is 16.2. The molecule has 2 aliphatic rings. The first-order valence-corrected chi connectivity index (χ1v) is 7.05. The molecule has 1 N–H and O–H groups in total. The topological polar surface area (TPSA) is 32.3 Å². The molecule has 2 saturated heterocycles. The molecule has 0 saturated carbocycles. The number of rotatable bonds is 2. The lowest BCUT2D eigenvalue weighted by molar-refractivity contribution is -0.134. The number of hydrogen-bond donors (Lipinski definition) is 1. The first-order valence-electron chi connectivity index (χ1n) is 7.05. The molecule has 2 fully saturated rings. The van der Waals surface area contributed by atoms with Gasteiger partial charge in [-0.05, 0) is 50.1 Å². The third-order valence-electron chi connectivity index (χ3n) is 4.39. The summed E-state index contributed by atoms with van der Waals surface area (Å²) in [6.07, 6.45) is 5.44. The Balaban J connectivity index is 1.76. The van der Waals surface area contributed by atoms with E-state index in [9.17, 15) is 4.79 Å². The Bertz CT molecular complexity index is 259. The zero-order chi connectivity index (χ0) is 12.3. The normalized spacial score (nSPS) is 25.9. The van der Waals surface area contributed by atoms with E-state index in [0.717, 1.165) is 45.4 Å². The summed E-state index contributed by atoms with van der Waals surface area (Å²) in [6.45, 7) is 8.73. The molecule has 1 amide bonds. The van der Waals surface area contributed by atoms with Gasteiger partial charge in [-0.2, -0.15) is 0 Å². The quantitative estimate of drug-likeness (QED) is 0.798. The second kappa shape index (κ2) is 5.38. The van der Waals surface area contributed by atoms with Crippen LogP contribution in [0, 0.1) is 11.3 Å². The maximum Gasteiger partial charge on any atom is 0.222 e. The van der Waals surface area contributed by atoms with Gasteiger partial charge >= 0.3 is 0 Å². The van der Waals surface area contributed by atoms with E-state index in [-0.39, 0.29) is 0 Å². The van der Waals surface area contributed by atoms with Crippen molar-refractivity contribution in [2.45, 2.75) is 46.0 Å². The molecule has 0 aromatic rings. The van der Waals surface area contributed by atoms with Crippen molar-refractivity contribution in [2.24, 2.45) is 11.3 Å². The van der Waals surface area contributed by atoms with Gasteiger partial charge in [-0.25, -0.2) is 0 Å². The molecule has 0 aliphatic carbocycles. The largest absolute Gasteiger partial charge is 0.343 e. The van der Waals surface area contributed by atoms with Crippen LogP contribution in [0.4, 0.5) is 0 Å². The maximum absolute atomic E-state index is 12.2. The van der Waals surface area contributed by atoms with Gasteiger partial charge in [-0.3, -0.25) is 4.79 Å². The summed E-state index contributed by atoms with van der Waals surface area (Å²) in [4.78, 5) is 14.3. The van der Waals surface area contributed by atoms with Gasteiger partial charge in [-0.15, -0.1) is 0 Å². The van der Waals surface area contributed by atoms with Crippen molar-refractivity contribution in [3.63, 3.8) is 0 Å². The predicted molar refractivity (Wildman–Crippen MR) is 69.8 cm³/mol. The molecule has 0 radical (unpaired) electrons. The van der Waals surface area contributed by atoms with Crippen LogP contribution < -0.4 is 5.32 Å². The molecule has 98 valence electrons. The smallest absolute Gasteiger partial charge is 0.222 e. The van der Waals surface area contributed by atoms with Crippen molar-refractivity contribution in [2.75, 3.05) is 26.2 Å². The zero-order valence-corrected chi connectivity index (χ0v) is 11.3. The van der Waals surface area contributed by atoms with Gasteiger partial charge in [-0.1, -0.05) is 13.8 Å². The van der Waals surface area contributed by atoms with Gasteiger partial charge in [0.05, 0.1) is 0 Å². The van der Waals surface area contributed by atoms with Crippen LogP contribution in [0.3, 0.4) is 0 Å². The fourth-order valence-corrected chi connectivity index (χ4v) is 2.82. The summed E-state index contributed by atoms with van der Waals surface area (Å²) in [7, 11) is 0. The molecule has 2 rings (SSSR count). The van der Waals surface area contributed by atoms with Crippen LogP contribution in [0.2, 0.25) is 0 Å². The van der Waals surface area contributed by atoms with E-state index >= 15 is 0 Å². The standard InChI is InChI=1S/C14H26N2O/c1-14(2)5-9-16(10-6-14)13(17)11-12-3-7-15-8-4-12/h12,15H,3-11H2,1-2H3. The number of nitrogens with one attached hydrogen (secondary N) is 1. The lowest BCUT2D eigenvalue weighted by atomic mass is 9.82. The summed E-state index contributed by atoms with van der Waals surface area (Å²) in [5.74, 6) is 1.02. The van der Waals surface area contributed by atoms with Crippen molar-refractivity contribution < 1.29 is 4.79 Å². The van der Waals surface area contributed by atoms with E-state index in [4.69, 9.17) is 0 Å². The average Bonchev–Trinajstić information content (AvgIpc) is 2.30. The van der Waals surface area contributed by atoms with Crippen LogP contribution in [0.25, 0.3) is 0 Å². The van der Waals surface area contributed by atoms with E-state index in [0.29, 0.717) is 17.2 Å². The number of carbonyl (C=O) groups excluding carboxylic acids is 1. The summed E-state index contributed by atoms with van der Waals surface area (Å²) >= 11 is 0. The monoisotopic (exact) mass is 238 g/mol. The Hall–Kier alpha value is -0.570. The van der Waals surface area contributed by atoms with E-state index in [1.165, 1.54) is 12.8 Å². The Kier molecular flexibility index (Phi) is 4.08. The van der Waals surface area contributed by atoms with E-state index < -0.39 is 0 Å². The Morgan fingerprint density at radius 2 is 1.82 bits per heavy atom. The predicted octanol–water partition coefficient (Wildman–Crippen LogP) is 2.02. The first kappa shape index (κ1) is 12.9. The molecule has 0 aromatic carbocycles. The molecule has 2 heterocycles. The SMILES string of the molecule is CC1(C)CCN(C(=O)CC2CCNCC2)CC1. The van der Waals surface area contributed by atoms with Gasteiger partial charge < -0.3 is 10.2 Å². The summed E-state index contributed by atoms with van der Waals surface area (Å²) < 4.78 is 0. The fraction of sp³-hybridized carbons (Fsp3) is 0.929. The second-order valence-electron chi connectivity index (χ2n) is 6.44. The Morgan fingerprint density at radius 3 is 2.41 bits per heavy atom. The van der Waals surface area contributed by atoms with Crippen LogP contribution in [-0.2, 0) is 4.79 Å². The molecule has 3 heteroatoms. The minimum atomic E-state index is 0.396. The van der Waals surface area contributed by atoms with E-state index in [2.05, 4.69) is 24.1 Å². The van der Waals surface area contributed by atoms with Gasteiger partial charge in [0.2, 0.25) is 5.91 Å². The third kappa shape index (κ3) is 3.70.